The molecule has 6 heteroatoms. The quantitative estimate of drug-likeness (QED) is 0.350. The molecule has 5 nitrogen and oxygen atoms in total. The second-order valence-electron chi connectivity index (χ2n) is 9.26. The molecule has 2 atom stereocenters. The van der Waals surface area contributed by atoms with Crippen molar-refractivity contribution in [3.8, 4) is 11.5 Å². The molecule has 1 saturated carbocycles. The molecule has 5 rings (SSSR count). The van der Waals surface area contributed by atoms with Crippen molar-refractivity contribution in [2.45, 2.75) is 39.2 Å². The Hall–Kier alpha value is -3.93. The van der Waals surface area contributed by atoms with Crippen LogP contribution < -0.4 is 9.47 Å². The standard InChI is InChI=1S/C31H31FN2O3/c1-3-36-26-16-8-21(9-17-26)20-24-6-5-7-28-29(24)33-34(31(35)23-10-14-25(32)15-11-23)30(28)22-12-18-27(19-13-22)37-4-2/h8-20,28,30H,3-7H2,1-2H3/b24-20+/t28-,30-/m0/s1. The van der Waals surface area contributed by atoms with Crippen LogP contribution in [0, 0.1) is 11.7 Å². The minimum atomic E-state index is -0.374. The first-order valence-electron chi connectivity index (χ1n) is 12.9. The highest BCUT2D eigenvalue weighted by Gasteiger charge is 2.44. The molecular weight excluding hydrogens is 467 g/mol. The number of rotatable bonds is 7. The lowest BCUT2D eigenvalue weighted by molar-refractivity contribution is 0.0681. The van der Waals surface area contributed by atoms with Gasteiger partial charge in [-0.3, -0.25) is 4.79 Å². The van der Waals surface area contributed by atoms with E-state index in [1.54, 1.807) is 5.01 Å². The number of benzene rings is 3. The van der Waals surface area contributed by atoms with Crippen molar-refractivity contribution in [1.82, 2.24) is 5.01 Å². The Balaban J connectivity index is 1.52. The lowest BCUT2D eigenvalue weighted by atomic mass is 9.77. The molecule has 190 valence electrons. The zero-order chi connectivity index (χ0) is 25.8. The van der Waals surface area contributed by atoms with Crippen LogP contribution in [0.5, 0.6) is 11.5 Å². The van der Waals surface area contributed by atoms with Gasteiger partial charge >= 0.3 is 0 Å². The van der Waals surface area contributed by atoms with Crippen LogP contribution >= 0.6 is 0 Å². The van der Waals surface area contributed by atoms with Crippen molar-refractivity contribution >= 4 is 17.7 Å². The summed E-state index contributed by atoms with van der Waals surface area (Å²) >= 11 is 0. The van der Waals surface area contributed by atoms with E-state index < -0.39 is 0 Å². The Bertz CT molecular complexity index is 1300. The largest absolute Gasteiger partial charge is 0.494 e. The predicted octanol–water partition coefficient (Wildman–Crippen LogP) is 7.06. The van der Waals surface area contributed by atoms with Crippen molar-refractivity contribution in [1.29, 1.82) is 0 Å². The van der Waals surface area contributed by atoms with Gasteiger partial charge in [0.15, 0.2) is 0 Å². The number of ether oxygens (including phenoxy) is 2. The van der Waals surface area contributed by atoms with Crippen molar-refractivity contribution in [2.24, 2.45) is 11.0 Å². The highest BCUT2D eigenvalue weighted by atomic mass is 19.1. The molecule has 1 aliphatic carbocycles. The van der Waals surface area contributed by atoms with Crippen LogP contribution in [0.4, 0.5) is 4.39 Å². The van der Waals surface area contributed by atoms with Crippen molar-refractivity contribution in [2.75, 3.05) is 13.2 Å². The molecule has 0 unspecified atom stereocenters. The average molecular weight is 499 g/mol. The van der Waals surface area contributed by atoms with E-state index in [4.69, 9.17) is 14.6 Å². The topological polar surface area (TPSA) is 51.1 Å². The van der Waals surface area contributed by atoms with Crippen molar-refractivity contribution < 1.29 is 18.7 Å². The third-order valence-electron chi connectivity index (χ3n) is 6.87. The lowest BCUT2D eigenvalue weighted by Gasteiger charge is -2.29. The fraction of sp³-hybridized carbons (Fsp3) is 0.290. The Morgan fingerprint density at radius 1 is 0.946 bits per heavy atom. The number of halogens is 1. The first-order chi connectivity index (χ1) is 18.1. The van der Waals surface area contributed by atoms with Gasteiger partial charge < -0.3 is 9.47 Å². The fourth-order valence-corrected chi connectivity index (χ4v) is 5.18. The number of carbonyl (C=O) groups is 1. The number of hydrogen-bond acceptors (Lipinski definition) is 4. The maximum Gasteiger partial charge on any atom is 0.274 e. The van der Waals surface area contributed by atoms with Gasteiger partial charge in [-0.1, -0.05) is 24.3 Å². The monoisotopic (exact) mass is 498 g/mol. The summed E-state index contributed by atoms with van der Waals surface area (Å²) in [6, 6.07) is 21.4. The zero-order valence-electron chi connectivity index (χ0n) is 21.2. The van der Waals surface area contributed by atoms with Gasteiger partial charge in [-0.05, 0) is 104 Å². The molecule has 3 aromatic carbocycles. The molecule has 0 N–H and O–H groups in total. The van der Waals surface area contributed by atoms with Crippen LogP contribution in [0.15, 0.2) is 83.5 Å². The molecular formula is C31H31FN2O3. The number of amides is 1. The SMILES string of the molecule is CCOc1ccc(/C=C2\CCC[C@H]3C2=NN(C(=O)c2ccc(F)cc2)[C@H]3c2ccc(OCC)cc2)cc1. The van der Waals surface area contributed by atoms with Crippen molar-refractivity contribution in [3.63, 3.8) is 0 Å². The molecule has 1 aliphatic heterocycles. The normalized spacial score (nSPS) is 19.9. The summed E-state index contributed by atoms with van der Waals surface area (Å²) in [6.45, 7) is 5.14. The molecule has 2 aliphatic rings. The lowest BCUT2D eigenvalue weighted by Crippen LogP contribution is -2.31. The van der Waals surface area contributed by atoms with Gasteiger partial charge in [-0.15, -0.1) is 0 Å². The van der Waals surface area contributed by atoms with E-state index in [1.165, 1.54) is 24.3 Å². The van der Waals surface area contributed by atoms with Crippen LogP contribution in [-0.2, 0) is 0 Å². The zero-order valence-corrected chi connectivity index (χ0v) is 21.2. The molecule has 37 heavy (non-hydrogen) atoms. The number of fused-ring (bicyclic) bond motifs is 1. The number of carbonyl (C=O) groups excluding carboxylic acids is 1. The summed E-state index contributed by atoms with van der Waals surface area (Å²) in [6.07, 6.45) is 5.02. The minimum absolute atomic E-state index is 0.0741. The summed E-state index contributed by atoms with van der Waals surface area (Å²) in [5.74, 6) is 1.10. The first-order valence-corrected chi connectivity index (χ1v) is 12.9. The maximum absolute atomic E-state index is 13.7. The van der Waals surface area contributed by atoms with Gasteiger partial charge in [0.25, 0.3) is 5.91 Å². The Morgan fingerprint density at radius 3 is 2.19 bits per heavy atom. The van der Waals surface area contributed by atoms with Crippen LogP contribution in [0.25, 0.3) is 6.08 Å². The van der Waals surface area contributed by atoms with E-state index in [2.05, 4.69) is 6.08 Å². The third kappa shape index (κ3) is 5.29. The van der Waals surface area contributed by atoms with Gasteiger partial charge in [0.05, 0.1) is 25.0 Å². The smallest absolute Gasteiger partial charge is 0.274 e. The fourth-order valence-electron chi connectivity index (χ4n) is 5.18. The minimum Gasteiger partial charge on any atom is -0.494 e. The van der Waals surface area contributed by atoms with E-state index in [0.717, 1.165) is 53.2 Å². The van der Waals surface area contributed by atoms with Crippen LogP contribution in [0.2, 0.25) is 0 Å². The highest BCUT2D eigenvalue weighted by Crippen LogP contribution is 2.45. The summed E-state index contributed by atoms with van der Waals surface area (Å²) in [7, 11) is 0. The molecule has 1 fully saturated rings. The number of nitrogens with zero attached hydrogens (tertiary/aromatic N) is 2. The molecule has 0 aromatic heterocycles. The second kappa shape index (κ2) is 11.0. The Morgan fingerprint density at radius 2 is 1.57 bits per heavy atom. The van der Waals surface area contributed by atoms with E-state index in [0.29, 0.717) is 18.8 Å². The van der Waals surface area contributed by atoms with Gasteiger partial charge in [0.2, 0.25) is 0 Å². The summed E-state index contributed by atoms with van der Waals surface area (Å²) in [5.41, 5.74) is 4.59. The average Bonchev–Trinajstić information content (AvgIpc) is 3.31. The summed E-state index contributed by atoms with van der Waals surface area (Å²) < 4.78 is 24.8. The second-order valence-corrected chi connectivity index (χ2v) is 9.26. The van der Waals surface area contributed by atoms with E-state index in [1.807, 2.05) is 62.4 Å². The van der Waals surface area contributed by atoms with Crippen LogP contribution in [-0.4, -0.2) is 29.8 Å². The van der Waals surface area contributed by atoms with Crippen LogP contribution in [0.3, 0.4) is 0 Å². The van der Waals surface area contributed by atoms with E-state index in [-0.39, 0.29) is 23.7 Å². The molecule has 0 spiro atoms. The van der Waals surface area contributed by atoms with Gasteiger partial charge in [0, 0.05) is 11.5 Å². The van der Waals surface area contributed by atoms with Crippen LogP contribution in [0.1, 0.15) is 60.6 Å². The molecule has 1 amide bonds. The number of hydrazone groups is 1. The van der Waals surface area contributed by atoms with Gasteiger partial charge in [0.1, 0.15) is 17.3 Å². The third-order valence-corrected chi connectivity index (χ3v) is 6.87. The van der Waals surface area contributed by atoms with Gasteiger partial charge in [-0.25, -0.2) is 9.40 Å². The Labute approximate surface area is 217 Å². The Kier molecular flexibility index (Phi) is 7.35. The summed E-state index contributed by atoms with van der Waals surface area (Å²) in [4.78, 5) is 13.7. The number of allylic oxidation sites excluding steroid dienone is 1. The predicted molar refractivity (Wildman–Crippen MR) is 143 cm³/mol. The molecule has 0 saturated heterocycles. The highest BCUT2D eigenvalue weighted by molar-refractivity contribution is 6.09. The molecule has 3 aromatic rings. The first kappa shape index (κ1) is 24.8. The maximum atomic E-state index is 13.7. The number of hydrogen-bond donors (Lipinski definition) is 0. The molecule has 0 bridgehead atoms. The van der Waals surface area contributed by atoms with Gasteiger partial charge in [-0.2, -0.15) is 5.10 Å². The van der Waals surface area contributed by atoms with Crippen molar-refractivity contribution in [3.05, 3.63) is 101 Å². The van der Waals surface area contributed by atoms with E-state index in [9.17, 15) is 9.18 Å². The molecule has 0 radical (unpaired) electrons. The van der Waals surface area contributed by atoms with E-state index >= 15 is 0 Å². The summed E-state index contributed by atoms with van der Waals surface area (Å²) in [5, 5.41) is 6.53. The molecule has 1 heterocycles.